The molecule has 1 aliphatic rings. The summed E-state index contributed by atoms with van der Waals surface area (Å²) in [5.74, 6) is 2.10. The van der Waals surface area contributed by atoms with Crippen molar-refractivity contribution in [3.8, 4) is 0 Å². The van der Waals surface area contributed by atoms with Gasteiger partial charge < -0.3 is 5.32 Å². The molecule has 0 spiro atoms. The summed E-state index contributed by atoms with van der Waals surface area (Å²) in [4.78, 5) is 17.0. The molecule has 0 bridgehead atoms. The number of amides is 1. The molecule has 6 heteroatoms. The summed E-state index contributed by atoms with van der Waals surface area (Å²) in [6.07, 6.45) is 9.41. The highest BCUT2D eigenvalue weighted by Crippen LogP contribution is 2.28. The first-order chi connectivity index (χ1) is 13.2. The monoisotopic (exact) mass is 386 g/mol. The minimum absolute atomic E-state index is 0.00657. The number of para-hydroxylation sites is 1. The quantitative estimate of drug-likeness (QED) is 0.608. The third-order valence-electron chi connectivity index (χ3n) is 5.37. The van der Waals surface area contributed by atoms with E-state index in [0.717, 1.165) is 36.7 Å². The lowest BCUT2D eigenvalue weighted by Gasteiger charge is -2.14. The van der Waals surface area contributed by atoms with E-state index in [1.165, 1.54) is 55.0 Å². The Morgan fingerprint density at radius 2 is 1.93 bits per heavy atom. The van der Waals surface area contributed by atoms with Gasteiger partial charge in [0.1, 0.15) is 5.82 Å². The second-order valence-electron chi connectivity index (χ2n) is 7.25. The van der Waals surface area contributed by atoms with Gasteiger partial charge in [0.25, 0.3) is 0 Å². The Hall–Kier alpha value is -1.82. The number of benzene rings is 1. The summed E-state index contributed by atoms with van der Waals surface area (Å²) in [5.41, 5.74) is 3.33. The number of aryl methyl sites for hydroxylation is 3. The molecule has 1 heterocycles. The molecule has 1 aromatic carbocycles. The van der Waals surface area contributed by atoms with Crippen molar-refractivity contribution in [2.24, 2.45) is 5.92 Å². The first kappa shape index (κ1) is 19.9. The van der Waals surface area contributed by atoms with Crippen molar-refractivity contribution >= 4 is 23.4 Å². The van der Waals surface area contributed by atoms with Gasteiger partial charge in [-0.05, 0) is 36.3 Å². The highest BCUT2D eigenvalue weighted by molar-refractivity contribution is 7.99. The van der Waals surface area contributed by atoms with Crippen LogP contribution in [0.4, 0.5) is 5.69 Å². The molecule has 0 radical (unpaired) electrons. The van der Waals surface area contributed by atoms with Gasteiger partial charge in [0.05, 0.1) is 5.75 Å². The Morgan fingerprint density at radius 1 is 1.22 bits per heavy atom. The smallest absolute Gasteiger partial charge is 0.234 e. The van der Waals surface area contributed by atoms with Gasteiger partial charge in [-0.2, -0.15) is 0 Å². The first-order valence-corrected chi connectivity index (χ1v) is 11.1. The van der Waals surface area contributed by atoms with E-state index < -0.39 is 0 Å². The molecular formula is C21H30N4OS. The van der Waals surface area contributed by atoms with E-state index >= 15 is 0 Å². The molecule has 2 aromatic rings. The molecule has 0 saturated heterocycles. The van der Waals surface area contributed by atoms with Gasteiger partial charge in [-0.1, -0.05) is 69.5 Å². The van der Waals surface area contributed by atoms with Crippen LogP contribution in [0.3, 0.4) is 0 Å². The molecule has 1 aromatic heterocycles. The van der Waals surface area contributed by atoms with Gasteiger partial charge in [0.2, 0.25) is 11.1 Å². The van der Waals surface area contributed by atoms with E-state index in [4.69, 9.17) is 0 Å². The summed E-state index contributed by atoms with van der Waals surface area (Å²) >= 11 is 1.39. The predicted octanol–water partition coefficient (Wildman–Crippen LogP) is 4.78. The number of hydrogen-bond acceptors (Lipinski definition) is 4. The molecule has 27 heavy (non-hydrogen) atoms. The lowest BCUT2D eigenvalue weighted by molar-refractivity contribution is -0.113. The fraction of sp³-hybridized carbons (Fsp3) is 0.571. The molecule has 1 fully saturated rings. The molecule has 0 atom stereocenters. The lowest BCUT2D eigenvalue weighted by Crippen LogP contribution is -2.16. The number of thioether (sulfide) groups is 1. The van der Waals surface area contributed by atoms with Crippen LogP contribution in [-0.2, 0) is 24.1 Å². The number of aromatic amines is 1. The standard InChI is InChI=1S/C21H30N4OS/c1-3-16-10-7-11-17(4-2)20(16)23-19(26)14-27-21-22-18(24-25-21)13-12-15-8-5-6-9-15/h7,10-11,15H,3-6,8-9,12-14H2,1-2H3,(H,23,26)(H,22,24,25). The highest BCUT2D eigenvalue weighted by Gasteiger charge is 2.16. The number of hydrogen-bond donors (Lipinski definition) is 2. The van der Waals surface area contributed by atoms with Crippen LogP contribution in [-0.4, -0.2) is 26.8 Å². The molecule has 1 amide bonds. The normalized spacial score (nSPS) is 14.6. The lowest BCUT2D eigenvalue weighted by atomic mass is 10.0. The second-order valence-corrected chi connectivity index (χ2v) is 8.19. The van der Waals surface area contributed by atoms with Crippen LogP contribution in [0, 0.1) is 5.92 Å². The van der Waals surface area contributed by atoms with E-state index in [2.05, 4.69) is 52.5 Å². The van der Waals surface area contributed by atoms with E-state index in [1.54, 1.807) is 0 Å². The largest absolute Gasteiger partial charge is 0.325 e. The highest BCUT2D eigenvalue weighted by atomic mass is 32.2. The summed E-state index contributed by atoms with van der Waals surface area (Å²) in [7, 11) is 0. The van der Waals surface area contributed by atoms with Crippen molar-refractivity contribution in [1.82, 2.24) is 15.2 Å². The van der Waals surface area contributed by atoms with Crippen LogP contribution >= 0.6 is 11.8 Å². The van der Waals surface area contributed by atoms with Gasteiger partial charge >= 0.3 is 0 Å². The minimum Gasteiger partial charge on any atom is -0.325 e. The van der Waals surface area contributed by atoms with Crippen molar-refractivity contribution in [2.45, 2.75) is 70.4 Å². The zero-order valence-corrected chi connectivity index (χ0v) is 17.2. The summed E-state index contributed by atoms with van der Waals surface area (Å²) in [5, 5.41) is 11.0. The number of H-pyrrole nitrogens is 1. The van der Waals surface area contributed by atoms with E-state index in [-0.39, 0.29) is 5.91 Å². The Labute approximate surface area is 166 Å². The molecule has 2 N–H and O–H groups in total. The minimum atomic E-state index is -0.00657. The van der Waals surface area contributed by atoms with Crippen molar-refractivity contribution in [3.63, 3.8) is 0 Å². The van der Waals surface area contributed by atoms with Crippen LogP contribution in [0.5, 0.6) is 0 Å². The van der Waals surface area contributed by atoms with Gasteiger partial charge in [0.15, 0.2) is 0 Å². The van der Waals surface area contributed by atoms with Crippen LogP contribution < -0.4 is 5.32 Å². The van der Waals surface area contributed by atoms with Crippen molar-refractivity contribution in [2.75, 3.05) is 11.1 Å². The summed E-state index contributed by atoms with van der Waals surface area (Å²) in [6, 6.07) is 6.21. The number of aromatic nitrogens is 3. The third kappa shape index (κ3) is 5.58. The second kappa shape index (κ2) is 9.93. The van der Waals surface area contributed by atoms with E-state index in [0.29, 0.717) is 10.9 Å². The summed E-state index contributed by atoms with van der Waals surface area (Å²) < 4.78 is 0. The Morgan fingerprint density at radius 3 is 2.59 bits per heavy atom. The average molecular weight is 387 g/mol. The number of anilines is 1. The zero-order valence-electron chi connectivity index (χ0n) is 16.4. The first-order valence-electron chi connectivity index (χ1n) is 10.1. The van der Waals surface area contributed by atoms with Crippen LogP contribution in [0.2, 0.25) is 0 Å². The van der Waals surface area contributed by atoms with Crippen LogP contribution in [0.1, 0.15) is 62.9 Å². The Kier molecular flexibility index (Phi) is 7.33. The molecule has 1 saturated carbocycles. The van der Waals surface area contributed by atoms with Crippen LogP contribution in [0.25, 0.3) is 0 Å². The topological polar surface area (TPSA) is 70.7 Å². The molecule has 0 unspecified atom stereocenters. The molecule has 0 aliphatic heterocycles. The molecule has 1 aliphatic carbocycles. The maximum Gasteiger partial charge on any atom is 0.234 e. The van der Waals surface area contributed by atoms with Gasteiger partial charge in [0, 0.05) is 12.1 Å². The van der Waals surface area contributed by atoms with Crippen molar-refractivity contribution in [3.05, 3.63) is 35.2 Å². The van der Waals surface area contributed by atoms with Gasteiger partial charge in [-0.25, -0.2) is 4.98 Å². The third-order valence-corrected chi connectivity index (χ3v) is 6.22. The maximum atomic E-state index is 12.4. The number of nitrogens with one attached hydrogen (secondary N) is 2. The van der Waals surface area contributed by atoms with Crippen molar-refractivity contribution in [1.29, 1.82) is 0 Å². The Balaban J connectivity index is 1.49. The fourth-order valence-corrected chi connectivity index (χ4v) is 4.42. The summed E-state index contributed by atoms with van der Waals surface area (Å²) in [6.45, 7) is 4.22. The van der Waals surface area contributed by atoms with E-state index in [1.807, 2.05) is 0 Å². The van der Waals surface area contributed by atoms with Gasteiger partial charge in [-0.3, -0.25) is 9.89 Å². The predicted molar refractivity (Wildman–Crippen MR) is 111 cm³/mol. The van der Waals surface area contributed by atoms with Crippen LogP contribution in [0.15, 0.2) is 23.4 Å². The SMILES string of the molecule is CCc1cccc(CC)c1NC(=O)CSc1n[nH]c(CCC2CCCC2)n1. The molecule has 146 valence electrons. The number of nitrogens with zero attached hydrogens (tertiary/aromatic N) is 2. The number of rotatable bonds is 9. The molecule has 3 rings (SSSR count). The number of carbonyl (C=O) groups excluding carboxylic acids is 1. The molecular weight excluding hydrogens is 356 g/mol. The number of carbonyl (C=O) groups is 1. The fourth-order valence-electron chi connectivity index (χ4n) is 3.80. The molecule has 5 nitrogen and oxygen atoms in total. The van der Waals surface area contributed by atoms with E-state index in [9.17, 15) is 4.79 Å². The average Bonchev–Trinajstić information content (AvgIpc) is 3.36. The van der Waals surface area contributed by atoms with Gasteiger partial charge in [-0.15, -0.1) is 5.10 Å². The Bertz CT molecular complexity index is 730. The van der Waals surface area contributed by atoms with Crippen molar-refractivity contribution < 1.29 is 4.79 Å². The maximum absolute atomic E-state index is 12.4. The zero-order chi connectivity index (χ0) is 19.1.